The molecule has 0 heterocycles. The van der Waals surface area contributed by atoms with Gasteiger partial charge in [0.15, 0.2) is 0 Å². The highest BCUT2D eigenvalue weighted by atomic mass is 19.1. The van der Waals surface area contributed by atoms with Crippen molar-refractivity contribution in [3.05, 3.63) is 29.6 Å². The molecule has 0 saturated heterocycles. The number of nitrogens with zero attached hydrogens (tertiary/aromatic N) is 1. The van der Waals surface area contributed by atoms with Gasteiger partial charge in [0.1, 0.15) is 5.82 Å². The van der Waals surface area contributed by atoms with Gasteiger partial charge in [-0.1, -0.05) is 39.2 Å². The zero-order chi connectivity index (χ0) is 14.5. The zero-order valence-electron chi connectivity index (χ0n) is 13.0. The summed E-state index contributed by atoms with van der Waals surface area (Å²) in [5.74, 6) is -0.0962. The molecule has 1 fully saturated rings. The Labute approximate surface area is 122 Å². The summed E-state index contributed by atoms with van der Waals surface area (Å²) >= 11 is 0. The summed E-state index contributed by atoms with van der Waals surface area (Å²) in [7, 11) is 2.03. The predicted octanol–water partition coefficient (Wildman–Crippen LogP) is 4.09. The van der Waals surface area contributed by atoms with E-state index in [9.17, 15) is 4.39 Å². The number of halogens is 1. The fourth-order valence-corrected chi connectivity index (χ4v) is 2.93. The maximum atomic E-state index is 14.3. The van der Waals surface area contributed by atoms with Crippen LogP contribution in [0.4, 0.5) is 10.1 Å². The molecular formula is C17H27FN2. The molecule has 0 unspecified atom stereocenters. The van der Waals surface area contributed by atoms with Gasteiger partial charge < -0.3 is 10.2 Å². The first-order valence-electron chi connectivity index (χ1n) is 7.82. The first kappa shape index (κ1) is 15.3. The van der Waals surface area contributed by atoms with E-state index in [2.05, 4.69) is 24.1 Å². The lowest BCUT2D eigenvalue weighted by Crippen LogP contribution is -2.34. The van der Waals surface area contributed by atoms with Crippen molar-refractivity contribution in [3.63, 3.8) is 0 Å². The largest absolute Gasteiger partial charge is 0.369 e. The molecule has 1 aromatic rings. The van der Waals surface area contributed by atoms with Gasteiger partial charge >= 0.3 is 0 Å². The van der Waals surface area contributed by atoms with Crippen molar-refractivity contribution in [2.24, 2.45) is 0 Å². The van der Waals surface area contributed by atoms with Crippen molar-refractivity contribution in [2.45, 2.75) is 64.6 Å². The van der Waals surface area contributed by atoms with Gasteiger partial charge in [0, 0.05) is 25.7 Å². The quantitative estimate of drug-likeness (QED) is 0.872. The Kier molecular flexibility index (Phi) is 5.41. The first-order chi connectivity index (χ1) is 9.58. The molecule has 2 rings (SSSR count). The van der Waals surface area contributed by atoms with E-state index < -0.39 is 0 Å². The number of rotatable bonds is 5. The van der Waals surface area contributed by atoms with Crippen LogP contribution in [0.15, 0.2) is 18.2 Å². The monoisotopic (exact) mass is 278 g/mol. The van der Waals surface area contributed by atoms with Crippen LogP contribution in [-0.4, -0.2) is 19.1 Å². The minimum atomic E-state index is -0.0962. The van der Waals surface area contributed by atoms with Gasteiger partial charge in [-0.15, -0.1) is 0 Å². The molecule has 0 radical (unpaired) electrons. The molecule has 1 aliphatic carbocycles. The van der Waals surface area contributed by atoms with Crippen molar-refractivity contribution in [2.75, 3.05) is 11.9 Å². The van der Waals surface area contributed by atoms with Crippen molar-refractivity contribution < 1.29 is 4.39 Å². The molecular weight excluding hydrogens is 251 g/mol. The molecule has 0 spiro atoms. The van der Waals surface area contributed by atoms with Crippen molar-refractivity contribution >= 4 is 5.69 Å². The summed E-state index contributed by atoms with van der Waals surface area (Å²) in [6, 6.07) is 6.55. The highest BCUT2D eigenvalue weighted by Gasteiger charge is 2.20. The molecule has 20 heavy (non-hydrogen) atoms. The maximum absolute atomic E-state index is 14.3. The predicted molar refractivity (Wildman–Crippen MR) is 83.7 cm³/mol. The van der Waals surface area contributed by atoms with E-state index in [1.54, 1.807) is 6.07 Å². The third kappa shape index (κ3) is 3.95. The second kappa shape index (κ2) is 7.07. The van der Waals surface area contributed by atoms with E-state index in [4.69, 9.17) is 0 Å². The van der Waals surface area contributed by atoms with Gasteiger partial charge in [-0.2, -0.15) is 0 Å². The molecule has 1 aromatic carbocycles. The van der Waals surface area contributed by atoms with E-state index >= 15 is 0 Å². The first-order valence-corrected chi connectivity index (χ1v) is 7.82. The van der Waals surface area contributed by atoms with E-state index in [1.807, 2.05) is 19.2 Å². The Bertz CT molecular complexity index is 425. The standard InChI is InChI=1S/C17H27FN2/c1-13(2)19-12-14-9-10-17(16(18)11-14)20(3)15-7-5-4-6-8-15/h9-11,13,15,19H,4-8,12H2,1-3H3. The maximum Gasteiger partial charge on any atom is 0.146 e. The zero-order valence-corrected chi connectivity index (χ0v) is 13.0. The average Bonchev–Trinajstić information content (AvgIpc) is 2.45. The molecule has 1 N–H and O–H groups in total. The number of nitrogens with one attached hydrogen (secondary N) is 1. The molecule has 0 aromatic heterocycles. The molecule has 0 aliphatic heterocycles. The van der Waals surface area contributed by atoms with Crippen LogP contribution in [0.2, 0.25) is 0 Å². The van der Waals surface area contributed by atoms with Crippen LogP contribution in [0, 0.1) is 5.82 Å². The van der Waals surface area contributed by atoms with Gasteiger partial charge in [-0.05, 0) is 30.5 Å². The number of anilines is 1. The van der Waals surface area contributed by atoms with Crippen LogP contribution in [0.5, 0.6) is 0 Å². The summed E-state index contributed by atoms with van der Waals surface area (Å²) in [5, 5.41) is 3.32. The van der Waals surface area contributed by atoms with Gasteiger partial charge in [-0.3, -0.25) is 0 Å². The molecule has 0 amide bonds. The highest BCUT2D eigenvalue weighted by molar-refractivity contribution is 5.49. The van der Waals surface area contributed by atoms with Gasteiger partial charge in [-0.25, -0.2) is 4.39 Å². The third-order valence-corrected chi connectivity index (χ3v) is 4.23. The normalized spacial score (nSPS) is 16.6. The Hall–Kier alpha value is -1.09. The Morgan fingerprint density at radius 2 is 1.95 bits per heavy atom. The van der Waals surface area contributed by atoms with Crippen molar-refractivity contribution in [1.29, 1.82) is 0 Å². The summed E-state index contributed by atoms with van der Waals surface area (Å²) in [4.78, 5) is 2.13. The second-order valence-corrected chi connectivity index (χ2v) is 6.22. The van der Waals surface area contributed by atoms with E-state index in [0.717, 1.165) is 17.8 Å². The Balaban J connectivity index is 2.04. The van der Waals surface area contributed by atoms with Crippen molar-refractivity contribution in [1.82, 2.24) is 5.32 Å². The Morgan fingerprint density at radius 1 is 1.25 bits per heavy atom. The van der Waals surface area contributed by atoms with Crippen LogP contribution in [0.25, 0.3) is 0 Å². The van der Waals surface area contributed by atoms with E-state index in [0.29, 0.717) is 12.1 Å². The highest BCUT2D eigenvalue weighted by Crippen LogP contribution is 2.28. The minimum absolute atomic E-state index is 0.0962. The van der Waals surface area contributed by atoms with Gasteiger partial charge in [0.25, 0.3) is 0 Å². The fraction of sp³-hybridized carbons (Fsp3) is 0.647. The minimum Gasteiger partial charge on any atom is -0.369 e. The second-order valence-electron chi connectivity index (χ2n) is 6.22. The molecule has 1 saturated carbocycles. The topological polar surface area (TPSA) is 15.3 Å². The van der Waals surface area contributed by atoms with E-state index in [1.165, 1.54) is 32.1 Å². The molecule has 3 heteroatoms. The fourth-order valence-electron chi connectivity index (χ4n) is 2.93. The molecule has 2 nitrogen and oxygen atoms in total. The number of hydrogen-bond acceptors (Lipinski definition) is 2. The summed E-state index contributed by atoms with van der Waals surface area (Å²) in [5.41, 5.74) is 1.75. The number of benzene rings is 1. The summed E-state index contributed by atoms with van der Waals surface area (Å²) in [6.45, 7) is 4.92. The number of hydrogen-bond donors (Lipinski definition) is 1. The molecule has 0 atom stereocenters. The third-order valence-electron chi connectivity index (χ3n) is 4.23. The molecule has 0 bridgehead atoms. The molecule has 112 valence electrons. The van der Waals surface area contributed by atoms with Crippen LogP contribution in [-0.2, 0) is 6.54 Å². The van der Waals surface area contributed by atoms with Crippen LogP contribution in [0.1, 0.15) is 51.5 Å². The Morgan fingerprint density at radius 3 is 2.55 bits per heavy atom. The lowest BCUT2D eigenvalue weighted by molar-refractivity contribution is 0.424. The molecule has 1 aliphatic rings. The SMILES string of the molecule is CC(C)NCc1ccc(N(C)C2CCCCC2)c(F)c1. The lowest BCUT2D eigenvalue weighted by atomic mass is 9.94. The summed E-state index contributed by atoms with van der Waals surface area (Å²) < 4.78 is 14.3. The van der Waals surface area contributed by atoms with Gasteiger partial charge in [0.2, 0.25) is 0 Å². The lowest BCUT2D eigenvalue weighted by Gasteiger charge is -2.33. The van der Waals surface area contributed by atoms with Crippen LogP contribution >= 0.6 is 0 Å². The van der Waals surface area contributed by atoms with Crippen LogP contribution < -0.4 is 10.2 Å². The van der Waals surface area contributed by atoms with E-state index in [-0.39, 0.29) is 5.82 Å². The van der Waals surface area contributed by atoms with Crippen molar-refractivity contribution in [3.8, 4) is 0 Å². The smallest absolute Gasteiger partial charge is 0.146 e. The average molecular weight is 278 g/mol. The van der Waals surface area contributed by atoms with Crippen LogP contribution in [0.3, 0.4) is 0 Å². The summed E-state index contributed by atoms with van der Waals surface area (Å²) in [6.07, 6.45) is 6.24. The van der Waals surface area contributed by atoms with Gasteiger partial charge in [0.05, 0.1) is 5.69 Å².